The summed E-state index contributed by atoms with van der Waals surface area (Å²) in [6.45, 7) is 9.83. The molecular weight excluding hydrogens is 224 g/mol. The van der Waals surface area contributed by atoms with Gasteiger partial charge in [0.15, 0.2) is 0 Å². The van der Waals surface area contributed by atoms with Crippen molar-refractivity contribution in [3.63, 3.8) is 0 Å². The van der Waals surface area contributed by atoms with Crippen molar-refractivity contribution >= 4 is 5.97 Å². The maximum Gasteiger partial charge on any atom is 0.338 e. The van der Waals surface area contributed by atoms with Crippen LogP contribution in [0.4, 0.5) is 0 Å². The molecular formula is C16H26O2. The standard InChI is InChI=1S/C16H26O2/c1-6-12-10-8-9-11-14(12)13(7-2)15(17)18-16(3,4)5/h7H,6,8-11H2,1-5H3/b13-7+. The van der Waals surface area contributed by atoms with E-state index in [9.17, 15) is 4.79 Å². The van der Waals surface area contributed by atoms with Gasteiger partial charge in [0.05, 0.1) is 5.57 Å². The summed E-state index contributed by atoms with van der Waals surface area (Å²) in [6, 6.07) is 0. The minimum absolute atomic E-state index is 0.173. The van der Waals surface area contributed by atoms with E-state index in [1.807, 2.05) is 33.8 Å². The van der Waals surface area contributed by atoms with Gasteiger partial charge in [-0.05, 0) is 65.4 Å². The second-order valence-corrected chi connectivity index (χ2v) is 5.85. The molecule has 2 heteroatoms. The smallest absolute Gasteiger partial charge is 0.338 e. The van der Waals surface area contributed by atoms with E-state index in [2.05, 4.69) is 6.92 Å². The number of carbonyl (C=O) groups excluding carboxylic acids is 1. The molecule has 0 spiro atoms. The molecule has 0 aliphatic heterocycles. The van der Waals surface area contributed by atoms with Crippen molar-refractivity contribution < 1.29 is 9.53 Å². The third kappa shape index (κ3) is 4.01. The highest BCUT2D eigenvalue weighted by molar-refractivity contribution is 5.93. The van der Waals surface area contributed by atoms with Gasteiger partial charge in [0.25, 0.3) is 0 Å². The lowest BCUT2D eigenvalue weighted by Gasteiger charge is -2.24. The molecule has 0 aromatic carbocycles. The molecule has 0 saturated carbocycles. The van der Waals surface area contributed by atoms with Gasteiger partial charge in [0.1, 0.15) is 5.60 Å². The van der Waals surface area contributed by atoms with E-state index in [1.165, 1.54) is 24.0 Å². The Hall–Kier alpha value is -1.05. The van der Waals surface area contributed by atoms with E-state index >= 15 is 0 Å². The molecule has 1 rings (SSSR count). The first kappa shape index (κ1) is 15.0. The van der Waals surface area contributed by atoms with E-state index in [-0.39, 0.29) is 5.97 Å². The van der Waals surface area contributed by atoms with Crippen LogP contribution in [0, 0.1) is 0 Å². The van der Waals surface area contributed by atoms with Crippen LogP contribution in [0.2, 0.25) is 0 Å². The zero-order chi connectivity index (χ0) is 13.8. The summed E-state index contributed by atoms with van der Waals surface area (Å²) in [5.74, 6) is -0.173. The van der Waals surface area contributed by atoms with Gasteiger partial charge in [-0.15, -0.1) is 0 Å². The molecule has 1 aliphatic carbocycles. The van der Waals surface area contributed by atoms with Gasteiger partial charge in [-0.2, -0.15) is 0 Å². The molecule has 0 aromatic heterocycles. The average molecular weight is 250 g/mol. The van der Waals surface area contributed by atoms with E-state index in [1.54, 1.807) is 0 Å². The highest BCUT2D eigenvalue weighted by atomic mass is 16.6. The summed E-state index contributed by atoms with van der Waals surface area (Å²) in [5, 5.41) is 0. The first-order chi connectivity index (χ1) is 8.39. The maximum atomic E-state index is 12.2. The molecule has 0 fully saturated rings. The molecule has 0 heterocycles. The zero-order valence-electron chi connectivity index (χ0n) is 12.4. The second kappa shape index (κ2) is 6.21. The predicted octanol–water partition coefficient (Wildman–Crippen LogP) is 4.56. The van der Waals surface area contributed by atoms with Gasteiger partial charge in [-0.3, -0.25) is 0 Å². The Labute approximate surface area is 111 Å². The van der Waals surface area contributed by atoms with Crippen LogP contribution in [-0.4, -0.2) is 11.6 Å². The molecule has 0 atom stereocenters. The first-order valence-corrected chi connectivity index (χ1v) is 7.00. The molecule has 0 radical (unpaired) electrons. The third-order valence-corrected chi connectivity index (χ3v) is 3.24. The highest BCUT2D eigenvalue weighted by Crippen LogP contribution is 2.32. The predicted molar refractivity (Wildman–Crippen MR) is 75.4 cm³/mol. The van der Waals surface area contributed by atoms with Crippen molar-refractivity contribution in [2.24, 2.45) is 0 Å². The second-order valence-electron chi connectivity index (χ2n) is 5.85. The summed E-state index contributed by atoms with van der Waals surface area (Å²) in [4.78, 5) is 12.2. The van der Waals surface area contributed by atoms with Gasteiger partial charge in [-0.1, -0.05) is 18.6 Å². The first-order valence-electron chi connectivity index (χ1n) is 7.00. The van der Waals surface area contributed by atoms with E-state index < -0.39 is 5.60 Å². The summed E-state index contributed by atoms with van der Waals surface area (Å²) in [7, 11) is 0. The lowest BCUT2D eigenvalue weighted by Crippen LogP contribution is -2.26. The third-order valence-electron chi connectivity index (χ3n) is 3.24. The van der Waals surface area contributed by atoms with Gasteiger partial charge in [0.2, 0.25) is 0 Å². The SMILES string of the molecule is C/C=C(/C(=O)OC(C)(C)C)C1=C(CC)CCCC1. The molecule has 1 aliphatic rings. The fourth-order valence-electron chi connectivity index (χ4n) is 2.43. The number of carbonyl (C=O) groups is 1. The minimum Gasteiger partial charge on any atom is -0.456 e. The van der Waals surface area contributed by atoms with E-state index in [0.29, 0.717) is 0 Å². The Morgan fingerprint density at radius 1 is 1.28 bits per heavy atom. The molecule has 0 amide bonds. The van der Waals surface area contributed by atoms with Gasteiger partial charge < -0.3 is 4.74 Å². The Bertz CT molecular complexity index is 367. The van der Waals surface area contributed by atoms with Crippen molar-refractivity contribution in [2.45, 2.75) is 72.3 Å². The van der Waals surface area contributed by atoms with Crippen molar-refractivity contribution in [1.29, 1.82) is 0 Å². The van der Waals surface area contributed by atoms with Crippen LogP contribution in [0.3, 0.4) is 0 Å². The van der Waals surface area contributed by atoms with Crippen molar-refractivity contribution in [1.82, 2.24) is 0 Å². The quantitative estimate of drug-likeness (QED) is 0.542. The van der Waals surface area contributed by atoms with Crippen LogP contribution in [0.5, 0.6) is 0 Å². The Morgan fingerprint density at radius 3 is 2.39 bits per heavy atom. The number of esters is 1. The topological polar surface area (TPSA) is 26.3 Å². The largest absolute Gasteiger partial charge is 0.456 e. The number of rotatable bonds is 3. The summed E-state index contributed by atoms with van der Waals surface area (Å²) < 4.78 is 5.50. The molecule has 0 saturated heterocycles. The van der Waals surface area contributed by atoms with Crippen LogP contribution in [-0.2, 0) is 9.53 Å². The van der Waals surface area contributed by atoms with E-state index in [0.717, 1.165) is 24.8 Å². The van der Waals surface area contributed by atoms with Crippen LogP contribution in [0.15, 0.2) is 22.8 Å². The molecule has 0 unspecified atom stereocenters. The van der Waals surface area contributed by atoms with Crippen molar-refractivity contribution in [3.05, 3.63) is 22.8 Å². The minimum atomic E-state index is -0.424. The fourth-order valence-corrected chi connectivity index (χ4v) is 2.43. The number of hydrogen-bond donors (Lipinski definition) is 0. The zero-order valence-corrected chi connectivity index (χ0v) is 12.4. The van der Waals surface area contributed by atoms with Gasteiger partial charge in [0, 0.05) is 0 Å². The summed E-state index contributed by atoms with van der Waals surface area (Å²) in [5.41, 5.74) is 3.02. The van der Waals surface area contributed by atoms with Crippen LogP contribution in [0.25, 0.3) is 0 Å². The Balaban J connectivity index is 2.96. The molecule has 0 aromatic rings. The van der Waals surface area contributed by atoms with E-state index in [4.69, 9.17) is 4.74 Å². The molecule has 102 valence electrons. The van der Waals surface area contributed by atoms with Crippen molar-refractivity contribution in [3.8, 4) is 0 Å². The maximum absolute atomic E-state index is 12.2. The molecule has 0 N–H and O–H groups in total. The normalized spacial score (nSPS) is 17.9. The summed E-state index contributed by atoms with van der Waals surface area (Å²) in [6.07, 6.45) is 7.52. The summed E-state index contributed by atoms with van der Waals surface area (Å²) >= 11 is 0. The monoisotopic (exact) mass is 250 g/mol. The highest BCUT2D eigenvalue weighted by Gasteiger charge is 2.24. The van der Waals surface area contributed by atoms with Crippen LogP contribution in [0.1, 0.15) is 66.7 Å². The van der Waals surface area contributed by atoms with Gasteiger partial charge in [-0.25, -0.2) is 4.79 Å². The lowest BCUT2D eigenvalue weighted by atomic mass is 9.86. The number of ether oxygens (including phenoxy) is 1. The van der Waals surface area contributed by atoms with Gasteiger partial charge >= 0.3 is 5.97 Å². The molecule has 18 heavy (non-hydrogen) atoms. The fraction of sp³-hybridized carbons (Fsp3) is 0.688. The Kier molecular flexibility index (Phi) is 5.18. The molecule has 0 bridgehead atoms. The Morgan fingerprint density at radius 2 is 1.89 bits per heavy atom. The molecule has 2 nitrogen and oxygen atoms in total. The van der Waals surface area contributed by atoms with Crippen LogP contribution >= 0.6 is 0 Å². The number of hydrogen-bond acceptors (Lipinski definition) is 2. The van der Waals surface area contributed by atoms with Crippen LogP contribution < -0.4 is 0 Å². The van der Waals surface area contributed by atoms with Crippen molar-refractivity contribution in [2.75, 3.05) is 0 Å². The number of allylic oxidation sites excluding steroid dienone is 2. The lowest BCUT2D eigenvalue weighted by molar-refractivity contribution is -0.149. The average Bonchev–Trinajstić information content (AvgIpc) is 2.28.